The van der Waals surface area contributed by atoms with Crippen LogP contribution >= 0.6 is 15.9 Å². The Labute approximate surface area is 86.0 Å². The van der Waals surface area contributed by atoms with Gasteiger partial charge in [0.25, 0.3) is 0 Å². The summed E-state index contributed by atoms with van der Waals surface area (Å²) in [6.45, 7) is 2.09. The average molecular weight is 243 g/mol. The molecule has 0 unspecified atom stereocenters. The Bertz CT molecular complexity index is 297. The first-order chi connectivity index (χ1) is 6.24. The van der Waals surface area contributed by atoms with Gasteiger partial charge in [-0.1, -0.05) is 34.1 Å². The third-order valence-corrected chi connectivity index (χ3v) is 2.26. The van der Waals surface area contributed by atoms with Gasteiger partial charge < -0.3 is 4.74 Å². The number of carbonyl (C=O) groups is 1. The van der Waals surface area contributed by atoms with Crippen LogP contribution in [0.1, 0.15) is 5.56 Å². The lowest BCUT2D eigenvalue weighted by atomic mass is 10.2. The van der Waals surface area contributed by atoms with E-state index in [-0.39, 0.29) is 12.4 Å². The van der Waals surface area contributed by atoms with Gasteiger partial charge in [0.05, 0.1) is 5.33 Å². The highest BCUT2D eigenvalue weighted by Crippen LogP contribution is 2.15. The maximum absolute atomic E-state index is 10.9. The first-order valence-electron chi connectivity index (χ1n) is 4.00. The molecule has 0 spiro atoms. The van der Waals surface area contributed by atoms with E-state index in [0.29, 0.717) is 5.33 Å². The quantitative estimate of drug-likeness (QED) is 0.758. The van der Waals surface area contributed by atoms with E-state index in [4.69, 9.17) is 4.74 Å². The molecule has 0 saturated heterocycles. The van der Waals surface area contributed by atoms with Gasteiger partial charge in [0.15, 0.2) is 5.78 Å². The monoisotopic (exact) mass is 242 g/mol. The second-order valence-electron chi connectivity index (χ2n) is 2.73. The predicted octanol–water partition coefficient (Wildman–Crippen LogP) is 2.34. The summed E-state index contributed by atoms with van der Waals surface area (Å²) in [6, 6.07) is 7.64. The highest BCUT2D eigenvalue weighted by molar-refractivity contribution is 9.09. The molecular weight excluding hydrogens is 232 g/mol. The first kappa shape index (κ1) is 10.3. The molecule has 0 saturated carbocycles. The van der Waals surface area contributed by atoms with Crippen LogP contribution < -0.4 is 4.74 Å². The number of ketones is 1. The van der Waals surface area contributed by atoms with Gasteiger partial charge in [-0.2, -0.15) is 0 Å². The first-order valence-corrected chi connectivity index (χ1v) is 5.12. The van der Waals surface area contributed by atoms with E-state index in [0.717, 1.165) is 11.3 Å². The van der Waals surface area contributed by atoms with Crippen LogP contribution in [0.2, 0.25) is 0 Å². The van der Waals surface area contributed by atoms with Crippen molar-refractivity contribution in [1.82, 2.24) is 0 Å². The summed E-state index contributed by atoms with van der Waals surface area (Å²) in [7, 11) is 0. The predicted molar refractivity (Wildman–Crippen MR) is 55.5 cm³/mol. The zero-order chi connectivity index (χ0) is 9.68. The molecule has 0 atom stereocenters. The number of rotatable bonds is 4. The van der Waals surface area contributed by atoms with E-state index < -0.39 is 0 Å². The van der Waals surface area contributed by atoms with E-state index in [1.807, 2.05) is 31.2 Å². The third-order valence-electron chi connectivity index (χ3n) is 1.63. The van der Waals surface area contributed by atoms with Crippen LogP contribution in [0.5, 0.6) is 5.75 Å². The lowest BCUT2D eigenvalue weighted by molar-refractivity contribution is -0.118. The molecule has 13 heavy (non-hydrogen) atoms. The van der Waals surface area contributed by atoms with Crippen LogP contribution in [0, 0.1) is 6.92 Å². The lowest BCUT2D eigenvalue weighted by Crippen LogP contribution is -2.12. The third kappa shape index (κ3) is 3.19. The zero-order valence-electron chi connectivity index (χ0n) is 7.42. The molecule has 0 aliphatic carbocycles. The van der Waals surface area contributed by atoms with E-state index in [2.05, 4.69) is 15.9 Å². The number of ether oxygens (including phenoxy) is 1. The minimum atomic E-state index is 0.0447. The molecule has 70 valence electrons. The summed E-state index contributed by atoms with van der Waals surface area (Å²) in [4.78, 5) is 10.9. The number of hydrogen-bond acceptors (Lipinski definition) is 2. The molecule has 0 aliphatic heterocycles. The topological polar surface area (TPSA) is 26.3 Å². The maximum Gasteiger partial charge on any atom is 0.180 e. The molecule has 0 heterocycles. The van der Waals surface area contributed by atoms with Gasteiger partial charge in [0.1, 0.15) is 12.4 Å². The smallest absolute Gasteiger partial charge is 0.180 e. The van der Waals surface area contributed by atoms with Gasteiger partial charge >= 0.3 is 0 Å². The highest BCUT2D eigenvalue weighted by atomic mass is 79.9. The number of alkyl halides is 1. The van der Waals surface area contributed by atoms with Crippen LogP contribution in [0.4, 0.5) is 0 Å². The van der Waals surface area contributed by atoms with Gasteiger partial charge in [-0.25, -0.2) is 0 Å². The number of carbonyl (C=O) groups excluding carboxylic acids is 1. The van der Waals surface area contributed by atoms with Crippen LogP contribution in [0.3, 0.4) is 0 Å². The fourth-order valence-corrected chi connectivity index (χ4v) is 1.08. The van der Waals surface area contributed by atoms with Gasteiger partial charge in [-0.15, -0.1) is 0 Å². The summed E-state index contributed by atoms with van der Waals surface area (Å²) in [5.41, 5.74) is 1.05. The van der Waals surface area contributed by atoms with Crippen LogP contribution in [-0.4, -0.2) is 17.7 Å². The van der Waals surface area contributed by atoms with Crippen molar-refractivity contribution < 1.29 is 9.53 Å². The average Bonchev–Trinajstić information content (AvgIpc) is 2.16. The molecule has 0 bridgehead atoms. The molecule has 1 aromatic rings. The minimum Gasteiger partial charge on any atom is -0.486 e. The van der Waals surface area contributed by atoms with E-state index in [9.17, 15) is 4.79 Å². The molecule has 1 aromatic carbocycles. The minimum absolute atomic E-state index is 0.0447. The van der Waals surface area contributed by atoms with Crippen molar-refractivity contribution >= 4 is 21.7 Å². The van der Waals surface area contributed by atoms with E-state index in [1.165, 1.54) is 0 Å². The number of aryl methyl sites for hydroxylation is 1. The summed E-state index contributed by atoms with van der Waals surface area (Å²) in [5.74, 6) is 0.819. The number of benzene rings is 1. The summed E-state index contributed by atoms with van der Waals surface area (Å²) in [5, 5.41) is 0.346. The highest BCUT2D eigenvalue weighted by Gasteiger charge is 2.01. The molecule has 2 nitrogen and oxygen atoms in total. The molecule has 0 aliphatic rings. The van der Waals surface area contributed by atoms with Crippen molar-refractivity contribution in [2.24, 2.45) is 0 Å². The van der Waals surface area contributed by atoms with Crippen molar-refractivity contribution in [3.8, 4) is 5.75 Å². The second-order valence-corrected chi connectivity index (χ2v) is 3.29. The Morgan fingerprint density at radius 3 is 2.77 bits per heavy atom. The van der Waals surface area contributed by atoms with Gasteiger partial charge in [-0.05, 0) is 18.6 Å². The summed E-state index contributed by atoms with van der Waals surface area (Å²) in [6.07, 6.45) is 0. The Hall–Kier alpha value is -0.830. The zero-order valence-corrected chi connectivity index (χ0v) is 9.00. The van der Waals surface area contributed by atoms with Gasteiger partial charge in [0, 0.05) is 0 Å². The lowest BCUT2D eigenvalue weighted by Gasteiger charge is -2.06. The number of Topliss-reactive ketones (excluding diaryl/α,β-unsaturated/α-hetero) is 1. The van der Waals surface area contributed by atoms with Crippen LogP contribution in [-0.2, 0) is 4.79 Å². The van der Waals surface area contributed by atoms with Crippen molar-refractivity contribution in [3.63, 3.8) is 0 Å². The summed E-state index contributed by atoms with van der Waals surface area (Å²) < 4.78 is 5.31. The fraction of sp³-hybridized carbons (Fsp3) is 0.300. The second kappa shape index (κ2) is 5.02. The van der Waals surface area contributed by atoms with Crippen molar-refractivity contribution in [3.05, 3.63) is 29.8 Å². The Balaban J connectivity index is 2.54. The molecule has 1 rings (SSSR count). The molecular formula is C10H11BrO2. The Morgan fingerprint density at radius 1 is 1.46 bits per heavy atom. The molecule has 0 amide bonds. The van der Waals surface area contributed by atoms with Crippen molar-refractivity contribution in [1.29, 1.82) is 0 Å². The SMILES string of the molecule is Cc1ccccc1OCC(=O)CBr. The normalized spacial score (nSPS) is 9.69. The number of para-hydroxylation sites is 1. The molecule has 0 aromatic heterocycles. The van der Waals surface area contributed by atoms with E-state index in [1.54, 1.807) is 0 Å². The van der Waals surface area contributed by atoms with Crippen LogP contribution in [0.25, 0.3) is 0 Å². The molecule has 0 fully saturated rings. The number of halogens is 1. The summed E-state index contributed by atoms with van der Waals surface area (Å²) >= 11 is 3.08. The molecule has 3 heteroatoms. The van der Waals surface area contributed by atoms with E-state index >= 15 is 0 Å². The number of hydrogen-bond donors (Lipinski definition) is 0. The Morgan fingerprint density at radius 2 is 2.15 bits per heavy atom. The van der Waals surface area contributed by atoms with Gasteiger partial charge in [-0.3, -0.25) is 4.79 Å². The fourth-order valence-electron chi connectivity index (χ4n) is 0.915. The molecule has 0 N–H and O–H groups in total. The Kier molecular flexibility index (Phi) is 3.96. The van der Waals surface area contributed by atoms with Crippen molar-refractivity contribution in [2.75, 3.05) is 11.9 Å². The van der Waals surface area contributed by atoms with Crippen LogP contribution in [0.15, 0.2) is 24.3 Å². The maximum atomic E-state index is 10.9. The largest absolute Gasteiger partial charge is 0.486 e. The standard InChI is InChI=1S/C10H11BrO2/c1-8-4-2-3-5-10(8)13-7-9(12)6-11/h2-5H,6-7H2,1H3. The molecule has 0 radical (unpaired) electrons. The van der Waals surface area contributed by atoms with Gasteiger partial charge in [0.2, 0.25) is 0 Å². The van der Waals surface area contributed by atoms with Crippen molar-refractivity contribution in [2.45, 2.75) is 6.92 Å².